The molecular weight excluding hydrogens is 304 g/mol. The van der Waals surface area contributed by atoms with Crippen molar-refractivity contribution in [2.75, 3.05) is 13.1 Å². The second-order valence-corrected chi connectivity index (χ2v) is 6.36. The zero-order chi connectivity index (χ0) is 17.5. The lowest BCUT2D eigenvalue weighted by Gasteiger charge is -2.19. The van der Waals surface area contributed by atoms with Gasteiger partial charge in [0.1, 0.15) is 5.84 Å². The SMILES string of the molecule is C=C(CCc1cccc2ccccc12)/C(=C\C=C/C)C1=NCCCN1. The molecule has 128 valence electrons. The van der Waals surface area contributed by atoms with Gasteiger partial charge in [-0.15, -0.1) is 0 Å². The monoisotopic (exact) mass is 330 g/mol. The first-order chi connectivity index (χ1) is 12.3. The van der Waals surface area contributed by atoms with Crippen LogP contribution < -0.4 is 5.32 Å². The summed E-state index contributed by atoms with van der Waals surface area (Å²) in [5, 5.41) is 6.06. The quantitative estimate of drug-likeness (QED) is 0.721. The lowest BCUT2D eigenvalue weighted by molar-refractivity contribution is 0.740. The zero-order valence-electron chi connectivity index (χ0n) is 15.0. The van der Waals surface area contributed by atoms with Gasteiger partial charge in [0.05, 0.1) is 0 Å². The Morgan fingerprint density at radius 1 is 1.20 bits per heavy atom. The highest BCUT2D eigenvalue weighted by molar-refractivity contribution is 6.02. The predicted octanol–water partition coefficient (Wildman–Crippen LogP) is 5.22. The van der Waals surface area contributed by atoms with Crippen molar-refractivity contribution in [3.8, 4) is 0 Å². The number of benzene rings is 2. The molecule has 1 heterocycles. The van der Waals surface area contributed by atoms with Crippen LogP contribution in [0, 0.1) is 0 Å². The van der Waals surface area contributed by atoms with E-state index in [1.54, 1.807) is 0 Å². The standard InChI is InChI=1S/C23H26N2/c1-3-4-12-21(23-24-16-8-17-25-23)18(2)14-15-20-11-7-10-19-9-5-6-13-22(19)20/h3-7,9-13H,2,8,14-17H2,1H3,(H,24,25)/b4-3-,21-12+. The van der Waals surface area contributed by atoms with Crippen molar-refractivity contribution in [3.63, 3.8) is 0 Å². The normalized spacial score (nSPS) is 15.2. The number of fused-ring (bicyclic) bond motifs is 1. The van der Waals surface area contributed by atoms with Crippen molar-refractivity contribution < 1.29 is 0 Å². The van der Waals surface area contributed by atoms with Crippen LogP contribution in [0.1, 0.15) is 25.3 Å². The molecule has 0 spiro atoms. The molecule has 25 heavy (non-hydrogen) atoms. The molecule has 0 atom stereocenters. The zero-order valence-corrected chi connectivity index (χ0v) is 15.0. The Labute approximate surface area is 150 Å². The van der Waals surface area contributed by atoms with Crippen molar-refractivity contribution in [3.05, 3.63) is 84.0 Å². The molecular formula is C23H26N2. The average molecular weight is 330 g/mol. The Bertz CT molecular complexity index is 835. The van der Waals surface area contributed by atoms with Crippen LogP contribution in [0.25, 0.3) is 10.8 Å². The van der Waals surface area contributed by atoms with E-state index < -0.39 is 0 Å². The van der Waals surface area contributed by atoms with Crippen LogP contribution in [0.2, 0.25) is 0 Å². The molecule has 0 radical (unpaired) electrons. The van der Waals surface area contributed by atoms with Crippen molar-refractivity contribution in [2.45, 2.75) is 26.2 Å². The fraction of sp³-hybridized carbons (Fsp3) is 0.261. The van der Waals surface area contributed by atoms with E-state index in [2.05, 4.69) is 71.5 Å². The molecule has 0 aromatic heterocycles. The van der Waals surface area contributed by atoms with E-state index in [0.717, 1.165) is 49.3 Å². The van der Waals surface area contributed by atoms with Crippen molar-refractivity contribution in [2.24, 2.45) is 4.99 Å². The summed E-state index contributed by atoms with van der Waals surface area (Å²) < 4.78 is 0. The van der Waals surface area contributed by atoms with E-state index in [0.29, 0.717) is 0 Å². The van der Waals surface area contributed by atoms with Crippen LogP contribution in [-0.4, -0.2) is 18.9 Å². The van der Waals surface area contributed by atoms with E-state index in [-0.39, 0.29) is 0 Å². The number of allylic oxidation sites excluding steroid dienone is 3. The van der Waals surface area contributed by atoms with Gasteiger partial charge in [0.25, 0.3) is 0 Å². The van der Waals surface area contributed by atoms with Crippen LogP contribution in [0.4, 0.5) is 0 Å². The number of hydrogen-bond donors (Lipinski definition) is 1. The summed E-state index contributed by atoms with van der Waals surface area (Å²) in [4.78, 5) is 4.65. The summed E-state index contributed by atoms with van der Waals surface area (Å²) >= 11 is 0. The summed E-state index contributed by atoms with van der Waals surface area (Å²) in [6.07, 6.45) is 9.25. The van der Waals surface area contributed by atoms with E-state index in [4.69, 9.17) is 0 Å². The molecule has 2 aromatic rings. The molecule has 1 aliphatic heterocycles. The van der Waals surface area contributed by atoms with Crippen molar-refractivity contribution >= 4 is 16.6 Å². The summed E-state index contributed by atoms with van der Waals surface area (Å²) in [5.74, 6) is 0.993. The molecule has 2 aromatic carbocycles. The van der Waals surface area contributed by atoms with Crippen LogP contribution in [0.5, 0.6) is 0 Å². The average Bonchev–Trinajstić information content (AvgIpc) is 2.67. The maximum Gasteiger partial charge on any atom is 0.128 e. The Morgan fingerprint density at radius 3 is 2.84 bits per heavy atom. The first-order valence-electron chi connectivity index (χ1n) is 9.06. The largest absolute Gasteiger partial charge is 0.370 e. The summed E-state index contributed by atoms with van der Waals surface area (Å²) in [5.41, 5.74) is 3.65. The highest BCUT2D eigenvalue weighted by Gasteiger charge is 2.13. The minimum Gasteiger partial charge on any atom is -0.370 e. The smallest absolute Gasteiger partial charge is 0.128 e. The molecule has 0 aliphatic carbocycles. The maximum atomic E-state index is 4.65. The second kappa shape index (κ2) is 8.48. The number of rotatable bonds is 6. The number of nitrogens with zero attached hydrogens (tertiary/aromatic N) is 1. The number of aliphatic imine (C=N–C) groups is 1. The van der Waals surface area contributed by atoms with Gasteiger partial charge in [-0.1, -0.05) is 67.3 Å². The minimum absolute atomic E-state index is 0.895. The summed E-state index contributed by atoms with van der Waals surface area (Å²) in [7, 11) is 0. The Kier molecular flexibility index (Phi) is 5.84. The first kappa shape index (κ1) is 17.2. The number of amidine groups is 1. The van der Waals surface area contributed by atoms with Crippen molar-refractivity contribution in [1.29, 1.82) is 0 Å². The maximum absolute atomic E-state index is 4.65. The molecule has 1 N–H and O–H groups in total. The minimum atomic E-state index is 0.895. The first-order valence-corrected chi connectivity index (χ1v) is 9.06. The molecule has 0 amide bonds. The van der Waals surface area contributed by atoms with E-state index in [1.807, 2.05) is 13.0 Å². The van der Waals surface area contributed by atoms with E-state index in [1.165, 1.54) is 16.3 Å². The van der Waals surface area contributed by atoms with Crippen LogP contribution in [0.3, 0.4) is 0 Å². The van der Waals surface area contributed by atoms with E-state index in [9.17, 15) is 0 Å². The predicted molar refractivity (Wildman–Crippen MR) is 109 cm³/mol. The summed E-state index contributed by atoms with van der Waals surface area (Å²) in [6, 6.07) is 15.1. The number of aryl methyl sites for hydroxylation is 1. The third-order valence-electron chi connectivity index (χ3n) is 4.56. The highest BCUT2D eigenvalue weighted by Crippen LogP contribution is 2.23. The molecule has 1 aliphatic rings. The number of hydrogen-bond acceptors (Lipinski definition) is 2. The topological polar surface area (TPSA) is 24.4 Å². The molecule has 0 bridgehead atoms. The Hall–Kier alpha value is -2.61. The van der Waals surface area contributed by atoms with Gasteiger partial charge < -0.3 is 5.32 Å². The van der Waals surface area contributed by atoms with Gasteiger partial charge in [-0.2, -0.15) is 0 Å². The van der Waals surface area contributed by atoms with Gasteiger partial charge in [-0.3, -0.25) is 4.99 Å². The van der Waals surface area contributed by atoms with Gasteiger partial charge in [0.15, 0.2) is 0 Å². The fourth-order valence-electron chi connectivity index (χ4n) is 3.20. The van der Waals surface area contributed by atoms with Crippen LogP contribution >= 0.6 is 0 Å². The third kappa shape index (κ3) is 4.27. The molecule has 0 fully saturated rings. The molecule has 0 saturated carbocycles. The van der Waals surface area contributed by atoms with Crippen LogP contribution in [0.15, 0.2) is 83.4 Å². The van der Waals surface area contributed by atoms with Gasteiger partial charge in [0.2, 0.25) is 0 Å². The summed E-state index contributed by atoms with van der Waals surface area (Å²) in [6.45, 7) is 8.27. The molecule has 2 nitrogen and oxygen atoms in total. The number of nitrogens with one attached hydrogen (secondary N) is 1. The van der Waals surface area contributed by atoms with Crippen LogP contribution in [-0.2, 0) is 6.42 Å². The Balaban J connectivity index is 1.78. The van der Waals surface area contributed by atoms with E-state index >= 15 is 0 Å². The van der Waals surface area contributed by atoms with Gasteiger partial charge in [0, 0.05) is 18.7 Å². The second-order valence-electron chi connectivity index (χ2n) is 6.36. The Morgan fingerprint density at radius 2 is 2.04 bits per heavy atom. The lowest BCUT2D eigenvalue weighted by atomic mass is 9.95. The fourth-order valence-corrected chi connectivity index (χ4v) is 3.20. The van der Waals surface area contributed by atoms with Gasteiger partial charge >= 0.3 is 0 Å². The molecule has 3 rings (SSSR count). The molecule has 0 saturated heterocycles. The van der Waals surface area contributed by atoms with Gasteiger partial charge in [-0.25, -0.2) is 0 Å². The highest BCUT2D eigenvalue weighted by atomic mass is 15.0. The van der Waals surface area contributed by atoms with Gasteiger partial charge in [-0.05, 0) is 48.1 Å². The lowest BCUT2D eigenvalue weighted by Crippen LogP contribution is -2.31. The third-order valence-corrected chi connectivity index (χ3v) is 4.56. The molecule has 2 heteroatoms. The molecule has 0 unspecified atom stereocenters. The van der Waals surface area contributed by atoms with Crippen molar-refractivity contribution in [1.82, 2.24) is 5.32 Å².